The van der Waals surface area contributed by atoms with Crippen LogP contribution < -0.4 is 0 Å². The zero-order chi connectivity index (χ0) is 3.58. The molecule has 3 nitrogen and oxygen atoms in total. The first-order valence-electron chi connectivity index (χ1n) is 0.775. The second kappa shape index (κ2) is 9.93. The normalized spacial score (nSPS) is 4.50. The minimum absolute atomic E-state index is 0. The van der Waals surface area contributed by atoms with E-state index in [9.17, 15) is 0 Å². The molecule has 0 fully saturated rings. The van der Waals surface area contributed by atoms with Crippen molar-refractivity contribution < 1.29 is 15.1 Å². The van der Waals surface area contributed by atoms with Gasteiger partial charge in [-0.25, -0.2) is 0 Å². The second-order valence-electron chi connectivity index (χ2n) is 0.346. The Balaban J connectivity index is -0.0000000450. The first kappa shape index (κ1) is 15.7. The van der Waals surface area contributed by atoms with E-state index < -0.39 is 7.32 Å². The molecule has 0 saturated carbocycles. The molecule has 0 aromatic carbocycles. The summed E-state index contributed by atoms with van der Waals surface area (Å²) in [6.45, 7) is 0. The molecule has 30 valence electrons. The van der Waals surface area contributed by atoms with E-state index in [1.54, 1.807) is 0 Å². The molecule has 6 heavy (non-hydrogen) atoms. The Morgan fingerprint density at radius 2 is 1.00 bits per heavy atom. The van der Waals surface area contributed by atoms with Crippen LogP contribution in [0.25, 0.3) is 0 Å². The van der Waals surface area contributed by atoms with Crippen molar-refractivity contribution in [3.05, 3.63) is 0 Å². The van der Waals surface area contributed by atoms with Gasteiger partial charge in [-0.15, -0.1) is 0 Å². The van der Waals surface area contributed by atoms with Gasteiger partial charge in [-0.1, -0.05) is 0 Å². The van der Waals surface area contributed by atoms with Gasteiger partial charge in [-0.3, -0.25) is 0 Å². The molecule has 3 N–H and O–H groups in total. The molecular weight excluding hydrogens is 106 g/mol. The molecule has 0 radical (unpaired) electrons. The molecule has 0 aliphatic heterocycles. The quantitative estimate of drug-likeness (QED) is 0.283. The predicted molar refractivity (Wildman–Crippen MR) is 28.1 cm³/mol. The van der Waals surface area contributed by atoms with E-state index in [0.29, 0.717) is 0 Å². The van der Waals surface area contributed by atoms with Gasteiger partial charge in [0, 0.05) is 0 Å². The molecule has 0 saturated heterocycles. The zero-order valence-electron chi connectivity index (χ0n) is 1.92. The van der Waals surface area contributed by atoms with E-state index in [1.807, 2.05) is 0 Å². The summed E-state index contributed by atoms with van der Waals surface area (Å²) in [5.74, 6) is 0. The van der Waals surface area contributed by atoms with Crippen LogP contribution in [0.3, 0.4) is 0 Å². The summed E-state index contributed by atoms with van der Waals surface area (Å²) in [6.07, 6.45) is 0. The fraction of sp³-hybridized carbons (Fsp3) is 0. The summed E-state index contributed by atoms with van der Waals surface area (Å²) < 4.78 is 0. The Labute approximate surface area is 78.1 Å². The predicted octanol–water partition coefficient (Wildman–Crippen LogP) is -3.62. The van der Waals surface area contributed by atoms with Crippen LogP contribution in [0, 0.1) is 0 Å². The Bertz CT molecular complexity index is 15.5. The molecule has 0 aromatic rings. The molecular formula is H6BCaLiO3. The average Bonchev–Trinajstić information content (AvgIpc) is 0.811. The number of rotatable bonds is 0. The van der Waals surface area contributed by atoms with Crippen molar-refractivity contribution in [2.45, 2.75) is 0 Å². The zero-order valence-corrected chi connectivity index (χ0v) is 1.92. The Hall–Kier alpha value is 1.80. The first-order chi connectivity index (χ1) is 1.73. The molecule has 0 spiro atoms. The van der Waals surface area contributed by atoms with Crippen molar-refractivity contribution in [3.8, 4) is 0 Å². The van der Waals surface area contributed by atoms with E-state index in [4.69, 9.17) is 15.1 Å². The van der Waals surface area contributed by atoms with Gasteiger partial charge in [0.1, 0.15) is 0 Å². The van der Waals surface area contributed by atoms with Gasteiger partial charge >= 0.3 is 63.9 Å². The summed E-state index contributed by atoms with van der Waals surface area (Å²) in [4.78, 5) is 0. The molecule has 0 unspecified atom stereocenters. The minimum atomic E-state index is -2.17. The second-order valence-corrected chi connectivity index (χ2v) is 0.346. The van der Waals surface area contributed by atoms with E-state index in [2.05, 4.69) is 0 Å². The van der Waals surface area contributed by atoms with Crippen LogP contribution in [0.5, 0.6) is 0 Å². The van der Waals surface area contributed by atoms with Crippen molar-refractivity contribution >= 4 is 63.9 Å². The molecule has 0 aliphatic carbocycles. The van der Waals surface area contributed by atoms with Crippen LogP contribution in [0.15, 0.2) is 0 Å². The average molecular weight is 112 g/mol. The molecule has 0 aliphatic rings. The van der Waals surface area contributed by atoms with Crippen molar-refractivity contribution in [3.63, 3.8) is 0 Å². The van der Waals surface area contributed by atoms with E-state index in [1.165, 1.54) is 0 Å². The van der Waals surface area contributed by atoms with Crippen LogP contribution in [0.4, 0.5) is 0 Å². The third kappa shape index (κ3) is 41.2. The Morgan fingerprint density at radius 3 is 1.00 bits per heavy atom. The van der Waals surface area contributed by atoms with Crippen LogP contribution in [0.2, 0.25) is 0 Å². The van der Waals surface area contributed by atoms with E-state index in [0.717, 1.165) is 0 Å². The first-order valence-corrected chi connectivity index (χ1v) is 0.775. The van der Waals surface area contributed by atoms with Crippen LogP contribution in [0.1, 0.15) is 0 Å². The van der Waals surface area contributed by atoms with Crippen molar-refractivity contribution in [1.29, 1.82) is 0 Å². The van der Waals surface area contributed by atoms with Crippen LogP contribution >= 0.6 is 0 Å². The maximum absolute atomic E-state index is 7.17. The molecule has 0 amide bonds. The molecule has 0 bridgehead atoms. The summed E-state index contributed by atoms with van der Waals surface area (Å²) in [7, 11) is -2.17. The molecule has 0 rings (SSSR count). The van der Waals surface area contributed by atoms with Crippen LogP contribution in [-0.4, -0.2) is 79.0 Å². The van der Waals surface area contributed by atoms with Gasteiger partial charge < -0.3 is 15.1 Å². The molecule has 6 heteroatoms. The van der Waals surface area contributed by atoms with Crippen LogP contribution in [-0.2, 0) is 0 Å². The van der Waals surface area contributed by atoms with Crippen molar-refractivity contribution in [2.75, 3.05) is 0 Å². The summed E-state index contributed by atoms with van der Waals surface area (Å²) in [6, 6.07) is 0. The SMILES string of the molecule is OB(O)O.[CaH2].[LiH]. The maximum atomic E-state index is 7.17. The topological polar surface area (TPSA) is 60.7 Å². The summed E-state index contributed by atoms with van der Waals surface area (Å²) in [5.41, 5.74) is 0. The Morgan fingerprint density at radius 1 is 1.00 bits per heavy atom. The van der Waals surface area contributed by atoms with Crippen molar-refractivity contribution in [2.24, 2.45) is 0 Å². The summed E-state index contributed by atoms with van der Waals surface area (Å²) >= 11 is 0. The van der Waals surface area contributed by atoms with Gasteiger partial charge in [0.2, 0.25) is 0 Å². The number of hydrogen-bond acceptors (Lipinski definition) is 3. The fourth-order valence-electron chi connectivity index (χ4n) is 0. The van der Waals surface area contributed by atoms with Gasteiger partial charge in [0.05, 0.1) is 0 Å². The molecule has 0 atom stereocenters. The Kier molecular flexibility index (Phi) is 25.9. The number of hydrogen-bond donors (Lipinski definition) is 3. The third-order valence-electron chi connectivity index (χ3n) is 0. The molecule has 0 aromatic heterocycles. The van der Waals surface area contributed by atoms with Gasteiger partial charge in [0.25, 0.3) is 0 Å². The monoisotopic (exact) mass is 112 g/mol. The van der Waals surface area contributed by atoms with Crippen molar-refractivity contribution in [1.82, 2.24) is 0 Å². The van der Waals surface area contributed by atoms with Gasteiger partial charge in [-0.2, -0.15) is 0 Å². The van der Waals surface area contributed by atoms with Gasteiger partial charge in [-0.05, 0) is 0 Å². The van der Waals surface area contributed by atoms with E-state index in [-0.39, 0.29) is 56.6 Å². The third-order valence-corrected chi connectivity index (χ3v) is 0. The molecule has 0 heterocycles. The summed E-state index contributed by atoms with van der Waals surface area (Å²) in [5, 5.41) is 21.5. The van der Waals surface area contributed by atoms with Gasteiger partial charge in [0.15, 0.2) is 0 Å². The standard InChI is InChI=1S/BH3O3.Ca.Li.3H/c2-1(3)4;;;;;/h2-4H;;;;;. The fourth-order valence-corrected chi connectivity index (χ4v) is 0. The van der Waals surface area contributed by atoms with E-state index >= 15 is 0 Å².